The lowest BCUT2D eigenvalue weighted by Gasteiger charge is -2.19. The lowest BCUT2D eigenvalue weighted by Crippen LogP contribution is -2.24. The Bertz CT molecular complexity index is 805. The zero-order valence-corrected chi connectivity index (χ0v) is 15.5. The number of hydrogen-bond donors (Lipinski definition) is 2. The van der Waals surface area contributed by atoms with Gasteiger partial charge in [-0.15, -0.1) is 0 Å². The van der Waals surface area contributed by atoms with Crippen LogP contribution in [0.1, 0.15) is 36.5 Å². The maximum atomic E-state index is 12.4. The van der Waals surface area contributed by atoms with E-state index >= 15 is 0 Å². The molecule has 1 fully saturated rings. The Hall–Kier alpha value is -3.02. The molecule has 0 radical (unpaired) electrons. The number of ether oxygens (including phenoxy) is 1. The summed E-state index contributed by atoms with van der Waals surface area (Å²) in [6, 6.07) is 14.6. The molecule has 1 amide bonds. The predicted molar refractivity (Wildman–Crippen MR) is 107 cm³/mol. The first-order chi connectivity index (χ1) is 13.1. The molecule has 6 nitrogen and oxygen atoms in total. The number of hydrogen-bond acceptors (Lipinski definition) is 5. The van der Waals surface area contributed by atoms with Crippen LogP contribution in [-0.2, 0) is 9.53 Å². The number of nitrogens with one attached hydrogen (secondary N) is 1. The van der Waals surface area contributed by atoms with E-state index in [0.29, 0.717) is 29.9 Å². The molecule has 0 spiro atoms. The van der Waals surface area contributed by atoms with Crippen LogP contribution in [0.15, 0.2) is 48.5 Å². The van der Waals surface area contributed by atoms with E-state index in [1.54, 1.807) is 24.3 Å². The lowest BCUT2D eigenvalue weighted by molar-refractivity contribution is -0.148. The van der Waals surface area contributed by atoms with Crippen molar-refractivity contribution in [3.8, 4) is 0 Å². The number of benzene rings is 2. The number of esters is 1. The molecule has 6 heteroatoms. The van der Waals surface area contributed by atoms with Crippen LogP contribution in [0.25, 0.3) is 0 Å². The minimum absolute atomic E-state index is 0.0620. The molecule has 1 heterocycles. The van der Waals surface area contributed by atoms with Gasteiger partial charge in [-0.05, 0) is 42.8 Å². The van der Waals surface area contributed by atoms with Crippen molar-refractivity contribution in [3.63, 3.8) is 0 Å². The van der Waals surface area contributed by atoms with E-state index in [0.717, 1.165) is 25.1 Å². The second-order valence-corrected chi connectivity index (χ2v) is 6.68. The minimum atomic E-state index is -0.202. The molecule has 3 N–H and O–H groups in total. The number of nitrogens with zero attached hydrogens (tertiary/aromatic N) is 1. The Morgan fingerprint density at radius 1 is 1.19 bits per heavy atom. The zero-order valence-electron chi connectivity index (χ0n) is 15.5. The van der Waals surface area contributed by atoms with Gasteiger partial charge in [0.15, 0.2) is 0 Å². The van der Waals surface area contributed by atoms with Crippen LogP contribution in [0.4, 0.5) is 17.1 Å². The summed E-state index contributed by atoms with van der Waals surface area (Å²) in [5.41, 5.74) is 8.57. The second kappa shape index (κ2) is 8.58. The number of amides is 1. The first kappa shape index (κ1) is 18.8. The molecule has 27 heavy (non-hydrogen) atoms. The zero-order chi connectivity index (χ0) is 19.2. The van der Waals surface area contributed by atoms with Gasteiger partial charge < -0.3 is 20.7 Å². The molecule has 1 saturated heterocycles. The van der Waals surface area contributed by atoms with Crippen LogP contribution in [0.5, 0.6) is 0 Å². The van der Waals surface area contributed by atoms with Crippen LogP contribution < -0.4 is 16.0 Å². The first-order valence-electron chi connectivity index (χ1n) is 9.27. The number of carbonyl (C=O) groups is 2. The third kappa shape index (κ3) is 4.78. The fourth-order valence-electron chi connectivity index (χ4n) is 3.14. The average molecular weight is 367 g/mol. The number of nitrogens with two attached hydrogens (primary N) is 1. The highest BCUT2D eigenvalue weighted by molar-refractivity contribution is 6.05. The highest BCUT2D eigenvalue weighted by atomic mass is 16.5. The third-order valence-corrected chi connectivity index (χ3v) is 4.60. The van der Waals surface area contributed by atoms with E-state index in [1.165, 1.54) is 0 Å². The molecule has 0 unspecified atom stereocenters. The summed E-state index contributed by atoms with van der Waals surface area (Å²) >= 11 is 0. The maximum absolute atomic E-state index is 12.4. The Balaban J connectivity index is 1.58. The second-order valence-electron chi connectivity index (χ2n) is 6.68. The van der Waals surface area contributed by atoms with Crippen molar-refractivity contribution in [2.45, 2.75) is 32.3 Å². The third-order valence-electron chi connectivity index (χ3n) is 4.60. The van der Waals surface area contributed by atoms with Crippen molar-refractivity contribution < 1.29 is 14.3 Å². The fourth-order valence-corrected chi connectivity index (χ4v) is 3.14. The smallest absolute Gasteiger partial charge is 0.306 e. The van der Waals surface area contributed by atoms with Crippen molar-refractivity contribution in [1.29, 1.82) is 0 Å². The van der Waals surface area contributed by atoms with Crippen LogP contribution in [0.2, 0.25) is 0 Å². The largest absolute Gasteiger partial charge is 0.460 e. The molecule has 0 aliphatic carbocycles. The van der Waals surface area contributed by atoms with Crippen LogP contribution in [-0.4, -0.2) is 31.1 Å². The molecule has 2 aromatic carbocycles. The molecule has 0 saturated carbocycles. The molecule has 1 aliphatic heterocycles. The highest BCUT2D eigenvalue weighted by Crippen LogP contribution is 2.23. The Morgan fingerprint density at radius 3 is 2.63 bits per heavy atom. The predicted octanol–water partition coefficient (Wildman–Crippen LogP) is 3.44. The molecule has 0 aromatic heterocycles. The molecule has 1 atom stereocenters. The molecule has 3 rings (SSSR count). The number of rotatable bonds is 6. The van der Waals surface area contributed by atoms with Crippen LogP contribution in [0, 0.1) is 0 Å². The standard InChI is InChI=1S/C21H25N3O3/c1-2-5-20(25)27-17-12-13-24(14-17)16-10-8-15(9-11-16)21(26)23-19-7-4-3-6-18(19)22/h3-4,6-11,17H,2,5,12-14,22H2,1H3,(H,23,26)/t17-/m0/s1. The van der Waals surface area contributed by atoms with Crippen molar-refractivity contribution in [1.82, 2.24) is 0 Å². The summed E-state index contributed by atoms with van der Waals surface area (Å²) in [7, 11) is 0. The highest BCUT2D eigenvalue weighted by Gasteiger charge is 2.25. The number of anilines is 3. The first-order valence-corrected chi connectivity index (χ1v) is 9.27. The van der Waals surface area contributed by atoms with Crippen molar-refractivity contribution in [2.24, 2.45) is 0 Å². The number of carbonyl (C=O) groups excluding carboxylic acids is 2. The summed E-state index contributed by atoms with van der Waals surface area (Å²) in [6.07, 6.45) is 2.03. The van der Waals surface area contributed by atoms with Crippen molar-refractivity contribution in [3.05, 3.63) is 54.1 Å². The summed E-state index contributed by atoms with van der Waals surface area (Å²) < 4.78 is 5.49. The van der Waals surface area contributed by atoms with E-state index in [2.05, 4.69) is 10.2 Å². The average Bonchev–Trinajstić information content (AvgIpc) is 3.12. The van der Waals surface area contributed by atoms with Crippen molar-refractivity contribution in [2.75, 3.05) is 29.0 Å². The Morgan fingerprint density at radius 2 is 1.93 bits per heavy atom. The van der Waals surface area contributed by atoms with Crippen molar-refractivity contribution >= 4 is 28.9 Å². The lowest BCUT2D eigenvalue weighted by atomic mass is 10.1. The van der Waals surface area contributed by atoms with Gasteiger partial charge in [0.1, 0.15) is 6.10 Å². The van der Waals surface area contributed by atoms with Gasteiger partial charge in [-0.3, -0.25) is 9.59 Å². The van der Waals surface area contributed by atoms with Crippen LogP contribution in [0.3, 0.4) is 0 Å². The van der Waals surface area contributed by atoms with Gasteiger partial charge in [-0.1, -0.05) is 19.1 Å². The van der Waals surface area contributed by atoms with Gasteiger partial charge in [0, 0.05) is 30.6 Å². The SMILES string of the molecule is CCCC(=O)O[C@H]1CCN(c2ccc(C(=O)Nc3ccccc3N)cc2)C1. The van der Waals surface area contributed by atoms with Gasteiger partial charge in [0.05, 0.1) is 17.9 Å². The summed E-state index contributed by atoms with van der Waals surface area (Å²) in [5, 5.41) is 2.82. The number of para-hydroxylation sites is 2. The van der Waals surface area contributed by atoms with E-state index < -0.39 is 0 Å². The molecular weight excluding hydrogens is 342 g/mol. The summed E-state index contributed by atoms with van der Waals surface area (Å²) in [5.74, 6) is -0.330. The Labute approximate surface area is 159 Å². The van der Waals surface area contributed by atoms with E-state index in [9.17, 15) is 9.59 Å². The fraction of sp³-hybridized carbons (Fsp3) is 0.333. The molecule has 1 aliphatic rings. The van der Waals surface area contributed by atoms with Gasteiger partial charge >= 0.3 is 5.97 Å². The normalized spacial score (nSPS) is 16.2. The van der Waals surface area contributed by atoms with Gasteiger partial charge in [0.2, 0.25) is 0 Å². The number of nitrogen functional groups attached to an aromatic ring is 1. The molecule has 2 aromatic rings. The maximum Gasteiger partial charge on any atom is 0.306 e. The van der Waals surface area contributed by atoms with Gasteiger partial charge in [-0.2, -0.15) is 0 Å². The van der Waals surface area contributed by atoms with Gasteiger partial charge in [-0.25, -0.2) is 0 Å². The van der Waals surface area contributed by atoms with Gasteiger partial charge in [0.25, 0.3) is 5.91 Å². The quantitative estimate of drug-likeness (QED) is 0.603. The minimum Gasteiger partial charge on any atom is -0.460 e. The molecule has 142 valence electrons. The van der Waals surface area contributed by atoms with Crippen LogP contribution >= 0.6 is 0 Å². The topological polar surface area (TPSA) is 84.7 Å². The Kier molecular flexibility index (Phi) is 5.96. The van der Waals surface area contributed by atoms with E-state index in [-0.39, 0.29) is 18.0 Å². The molecule has 0 bridgehead atoms. The summed E-state index contributed by atoms with van der Waals surface area (Å²) in [6.45, 7) is 3.48. The monoisotopic (exact) mass is 367 g/mol. The van der Waals surface area contributed by atoms with E-state index in [1.807, 2.05) is 31.2 Å². The summed E-state index contributed by atoms with van der Waals surface area (Å²) in [4.78, 5) is 26.2. The molecular formula is C21H25N3O3. The van der Waals surface area contributed by atoms with E-state index in [4.69, 9.17) is 10.5 Å².